The van der Waals surface area contributed by atoms with Crippen LogP contribution in [-0.2, 0) is 3.10 Å². The van der Waals surface area contributed by atoms with Crippen LogP contribution in [0.25, 0.3) is 0 Å². The predicted molar refractivity (Wildman–Crippen MR) is 104 cm³/mol. The Balaban J connectivity index is 2.99. The summed E-state index contributed by atoms with van der Waals surface area (Å²) in [6, 6.07) is 0. The molecule has 1 aliphatic rings. The molecule has 0 aliphatic carbocycles. The first-order chi connectivity index (χ1) is 10.1. The van der Waals surface area contributed by atoms with E-state index in [9.17, 15) is 0 Å². The van der Waals surface area contributed by atoms with E-state index < -0.39 is 26.7 Å². The van der Waals surface area contributed by atoms with Crippen LogP contribution in [0.1, 0.15) is 53.9 Å². The van der Waals surface area contributed by atoms with Gasteiger partial charge in [0.05, 0.1) is 0 Å². The van der Waals surface area contributed by atoms with Crippen LogP contribution >= 0.6 is 0 Å². The number of rotatable bonds is 7. The van der Waals surface area contributed by atoms with Gasteiger partial charge in [0.25, 0.3) is 0 Å². The quantitative estimate of drug-likeness (QED) is 0.346. The Morgan fingerprint density at radius 3 is 2.00 bits per heavy atom. The fourth-order valence-corrected chi connectivity index (χ4v) is 17.3. The van der Waals surface area contributed by atoms with Crippen molar-refractivity contribution in [3.05, 3.63) is 0 Å². The molecule has 1 heterocycles. The van der Waals surface area contributed by atoms with Crippen molar-refractivity contribution in [2.75, 3.05) is 0 Å². The second kappa shape index (κ2) is 8.57. The molecule has 22 heavy (non-hydrogen) atoms. The first-order valence-corrected chi connectivity index (χ1v) is 18.2. The van der Waals surface area contributed by atoms with Gasteiger partial charge in [-0.05, 0) is 0 Å². The normalized spacial score (nSPS) is 25.5. The summed E-state index contributed by atoms with van der Waals surface area (Å²) in [5.74, 6) is 5.30. The summed E-state index contributed by atoms with van der Waals surface area (Å²) < 4.78 is 10.1. The van der Waals surface area contributed by atoms with Crippen molar-refractivity contribution in [1.82, 2.24) is 0 Å². The van der Waals surface area contributed by atoms with E-state index in [1.165, 1.54) is 28.2 Å². The van der Waals surface area contributed by atoms with Crippen molar-refractivity contribution in [2.45, 2.75) is 92.5 Å². The zero-order valence-electron chi connectivity index (χ0n) is 16.2. The van der Waals surface area contributed by atoms with Gasteiger partial charge in [-0.1, -0.05) is 0 Å². The third-order valence-electron chi connectivity index (χ3n) is 3.78. The number of unbranched alkanes of at least 4 members (excludes halogenated alkanes) is 1. The minimum absolute atomic E-state index is 0.461. The molecule has 3 heteroatoms. The van der Waals surface area contributed by atoms with Crippen LogP contribution in [-0.4, -0.2) is 32.8 Å². The molecule has 0 aromatic heterocycles. The Hall–Kier alpha value is 0.526. The molecule has 1 aliphatic heterocycles. The van der Waals surface area contributed by atoms with Crippen molar-refractivity contribution >= 4 is 26.7 Å². The molecule has 0 N–H and O–H groups in total. The maximum atomic E-state index is 6.73. The summed E-state index contributed by atoms with van der Waals surface area (Å²) in [5, 5.41) is 0. The Morgan fingerprint density at radius 1 is 1.05 bits per heavy atom. The van der Waals surface area contributed by atoms with Gasteiger partial charge in [-0.15, -0.1) is 0 Å². The molecule has 0 unspecified atom stereocenters. The minimum atomic E-state index is -2.28. The van der Waals surface area contributed by atoms with Gasteiger partial charge in [-0.2, -0.15) is 0 Å². The molecule has 1 fully saturated rings. The second-order valence-corrected chi connectivity index (χ2v) is 22.3. The predicted octanol–water partition coefficient (Wildman–Crippen LogP) is 6.08. The molecular formula is C19H38OSiTe. The van der Waals surface area contributed by atoms with Crippen LogP contribution in [0.15, 0.2) is 0 Å². The van der Waals surface area contributed by atoms with Crippen LogP contribution in [0.3, 0.4) is 0 Å². The standard InChI is InChI=1S/C19H38OSiTe/c1-9-10-11-18-19(12-13-21(6,7)8)22(20-18,14-16(2)3)15-17(4)5/h16-19H,9-11,14-15H2,1-8H3/t18-,19+/m0/s1. The molecule has 1 saturated heterocycles. The average Bonchev–Trinajstić information content (AvgIpc) is 2.31. The van der Waals surface area contributed by atoms with E-state index in [1.54, 1.807) is 0 Å². The zero-order valence-corrected chi connectivity index (χ0v) is 19.5. The molecule has 0 saturated carbocycles. The van der Waals surface area contributed by atoms with E-state index in [4.69, 9.17) is 3.10 Å². The van der Waals surface area contributed by atoms with E-state index in [-0.39, 0.29) is 0 Å². The Kier molecular flexibility index (Phi) is 8.02. The molecule has 0 radical (unpaired) electrons. The molecule has 1 rings (SSSR count). The first kappa shape index (κ1) is 20.6. The van der Waals surface area contributed by atoms with Crippen molar-refractivity contribution in [2.24, 2.45) is 11.8 Å². The molecule has 0 spiro atoms. The van der Waals surface area contributed by atoms with Gasteiger partial charge in [0.15, 0.2) is 0 Å². The van der Waals surface area contributed by atoms with Gasteiger partial charge >= 0.3 is 146 Å². The average molecular weight is 438 g/mol. The van der Waals surface area contributed by atoms with Crippen LogP contribution in [0.2, 0.25) is 32.5 Å². The van der Waals surface area contributed by atoms with Crippen LogP contribution < -0.4 is 0 Å². The third-order valence-corrected chi connectivity index (χ3v) is 17.3. The van der Waals surface area contributed by atoms with Gasteiger partial charge in [0.1, 0.15) is 0 Å². The van der Waals surface area contributed by atoms with Crippen molar-refractivity contribution in [3.63, 3.8) is 0 Å². The second-order valence-electron chi connectivity index (χ2n) is 8.71. The monoisotopic (exact) mass is 440 g/mol. The third kappa shape index (κ3) is 6.20. The molecule has 0 amide bonds. The van der Waals surface area contributed by atoms with Crippen molar-refractivity contribution in [3.8, 4) is 11.5 Å². The molecule has 0 aromatic rings. The molecule has 130 valence electrons. The molecule has 0 bridgehead atoms. The molecule has 2 atom stereocenters. The summed E-state index contributed by atoms with van der Waals surface area (Å²) in [7, 11) is -1.29. The Morgan fingerprint density at radius 2 is 1.59 bits per heavy atom. The Labute approximate surface area is 145 Å². The van der Waals surface area contributed by atoms with Gasteiger partial charge in [0.2, 0.25) is 0 Å². The molecule has 0 aromatic carbocycles. The zero-order chi connectivity index (χ0) is 17.0. The van der Waals surface area contributed by atoms with E-state index in [2.05, 4.69) is 65.7 Å². The van der Waals surface area contributed by atoms with Crippen LogP contribution in [0.4, 0.5) is 0 Å². The first-order valence-electron chi connectivity index (χ1n) is 9.08. The van der Waals surface area contributed by atoms with Gasteiger partial charge < -0.3 is 0 Å². The summed E-state index contributed by atoms with van der Waals surface area (Å²) >= 11 is -2.28. The summed E-state index contributed by atoms with van der Waals surface area (Å²) in [6.07, 6.45) is 4.24. The van der Waals surface area contributed by atoms with Gasteiger partial charge in [0, 0.05) is 0 Å². The van der Waals surface area contributed by atoms with Crippen molar-refractivity contribution < 1.29 is 3.10 Å². The maximum absolute atomic E-state index is 6.73. The Bertz CT molecular complexity index is 390. The van der Waals surface area contributed by atoms with E-state index >= 15 is 0 Å². The summed E-state index contributed by atoms with van der Waals surface area (Å²) in [5.41, 5.74) is 3.69. The molecular weight excluding hydrogens is 400 g/mol. The fourth-order valence-electron chi connectivity index (χ4n) is 3.15. The molecule has 1 nitrogen and oxygen atoms in total. The van der Waals surface area contributed by atoms with Gasteiger partial charge in [-0.3, -0.25) is 0 Å². The number of hydrogen-bond acceptors (Lipinski definition) is 1. The summed E-state index contributed by atoms with van der Waals surface area (Å²) in [6.45, 7) is 18.8. The SMILES string of the molecule is CCCC[C@@H]1O[Te](CC(C)C)(CC(C)C)[C@@H]1C#C[Si](C)(C)C. The topological polar surface area (TPSA) is 9.23 Å². The van der Waals surface area contributed by atoms with Crippen molar-refractivity contribution in [1.29, 1.82) is 0 Å². The fraction of sp³-hybridized carbons (Fsp3) is 0.895. The van der Waals surface area contributed by atoms with Crippen LogP contribution in [0.5, 0.6) is 0 Å². The van der Waals surface area contributed by atoms with E-state index in [1.807, 2.05) is 0 Å². The van der Waals surface area contributed by atoms with Gasteiger partial charge in [-0.25, -0.2) is 0 Å². The number of hydrogen-bond donors (Lipinski definition) is 0. The summed E-state index contributed by atoms with van der Waals surface area (Å²) in [4.78, 5) is 0. The van der Waals surface area contributed by atoms with Crippen LogP contribution in [0, 0.1) is 23.3 Å². The van der Waals surface area contributed by atoms with E-state index in [0.717, 1.165) is 11.8 Å². The van der Waals surface area contributed by atoms with E-state index in [0.29, 0.717) is 10.1 Å².